The van der Waals surface area contributed by atoms with Crippen molar-refractivity contribution in [3.05, 3.63) is 0 Å². The minimum atomic E-state index is 0. The first-order chi connectivity index (χ1) is 0. The molecule has 0 aromatic carbocycles. The molecular formula is C2H14FLiN2. The van der Waals surface area contributed by atoms with E-state index in [1.807, 2.05) is 0 Å². The Kier molecular flexibility index (Phi) is 85700. The van der Waals surface area contributed by atoms with Gasteiger partial charge in [0.05, 0.1) is 0 Å². The summed E-state index contributed by atoms with van der Waals surface area (Å²) in [5, 5.41) is 0. The molecule has 40 valence electrons. The molecule has 2 nitrogen and oxygen atoms in total. The van der Waals surface area contributed by atoms with Gasteiger partial charge in [0.2, 0.25) is 0 Å². The van der Waals surface area contributed by atoms with E-state index in [-0.39, 0.29) is 50.7 Å². The van der Waals surface area contributed by atoms with Gasteiger partial charge in [-0.3, -0.25) is 0 Å². The summed E-state index contributed by atoms with van der Waals surface area (Å²) in [5.74, 6) is 0. The first-order valence-electron chi connectivity index (χ1n) is 0. The SMILES string of the molecule is C.C.N.N.[F-].[Li+]. The van der Waals surface area contributed by atoms with Crippen molar-refractivity contribution in [2.75, 3.05) is 0 Å². The normalized spacial score (nSPS) is 0. The van der Waals surface area contributed by atoms with Crippen molar-refractivity contribution in [3.63, 3.8) is 0 Å². The summed E-state index contributed by atoms with van der Waals surface area (Å²) in [5.41, 5.74) is 0. The molecule has 0 aliphatic carbocycles. The fourth-order valence-corrected chi connectivity index (χ4v) is 0. The van der Waals surface area contributed by atoms with Crippen molar-refractivity contribution >= 4 is 0 Å². The number of hydrogen-bond donors (Lipinski definition) is 2. The molecule has 0 atom stereocenters. The van der Waals surface area contributed by atoms with Gasteiger partial charge in [-0.1, -0.05) is 14.9 Å². The number of hydrogen-bond acceptors (Lipinski definition) is 2. The molecule has 0 fully saturated rings. The zero-order valence-corrected chi connectivity index (χ0v) is 2.79. The minimum Gasteiger partial charge on any atom is -1.00 e. The molecular weight excluding hydrogens is 78.0 g/mol. The van der Waals surface area contributed by atoms with Crippen LogP contribution in [0.3, 0.4) is 0 Å². The van der Waals surface area contributed by atoms with Gasteiger partial charge >= 0.3 is 18.9 Å². The van der Waals surface area contributed by atoms with E-state index in [2.05, 4.69) is 0 Å². The van der Waals surface area contributed by atoms with Crippen LogP contribution in [-0.2, 0) is 0 Å². The predicted molar refractivity (Wildman–Crippen MR) is 23.5 cm³/mol. The summed E-state index contributed by atoms with van der Waals surface area (Å²) >= 11 is 0. The van der Waals surface area contributed by atoms with Gasteiger partial charge in [0, 0.05) is 0 Å². The van der Waals surface area contributed by atoms with Gasteiger partial charge in [0.25, 0.3) is 0 Å². The predicted octanol–water partition coefficient (Wildman–Crippen LogP) is -4.40. The second-order valence-corrected chi connectivity index (χ2v) is 0. The first-order valence-corrected chi connectivity index (χ1v) is 0. The van der Waals surface area contributed by atoms with Crippen LogP contribution in [0, 0.1) is 0 Å². The Balaban J connectivity index is 0. The van der Waals surface area contributed by atoms with E-state index in [1.165, 1.54) is 0 Å². The maximum Gasteiger partial charge on any atom is 1.00 e. The molecule has 6 N–H and O–H groups in total. The Bertz CT molecular complexity index is 11.5. The molecule has 0 rings (SSSR count). The molecule has 0 unspecified atom stereocenters. The van der Waals surface area contributed by atoms with Crippen LogP contribution >= 0.6 is 0 Å². The molecule has 6 heavy (non-hydrogen) atoms. The van der Waals surface area contributed by atoms with Crippen molar-refractivity contribution in [3.8, 4) is 0 Å². The van der Waals surface area contributed by atoms with Crippen LogP contribution < -0.4 is 35.9 Å². The minimum absolute atomic E-state index is 0. The molecule has 0 aliphatic rings. The molecule has 0 aliphatic heterocycles. The van der Waals surface area contributed by atoms with Crippen LogP contribution in [0.4, 0.5) is 0 Å². The Hall–Kier alpha value is 0.447. The standard InChI is InChI=1S/2CH4.FH.Li.2H3N/h2*1H4;1H;;2*1H3/q;;;+1;;/p-1. The van der Waals surface area contributed by atoms with Gasteiger partial charge in [-0.25, -0.2) is 0 Å². The maximum absolute atomic E-state index is 0. The van der Waals surface area contributed by atoms with Gasteiger partial charge in [-0.05, 0) is 0 Å². The Labute approximate surface area is 51.4 Å². The Morgan fingerprint density at radius 3 is 0.667 bits per heavy atom. The Morgan fingerprint density at radius 1 is 0.667 bits per heavy atom. The third-order valence-corrected chi connectivity index (χ3v) is 0. The van der Waals surface area contributed by atoms with Crippen molar-refractivity contribution in [2.24, 2.45) is 0 Å². The first kappa shape index (κ1) is 956. The molecule has 0 spiro atoms. The van der Waals surface area contributed by atoms with E-state index in [0.29, 0.717) is 0 Å². The van der Waals surface area contributed by atoms with Crippen LogP contribution in [0.2, 0.25) is 0 Å². The molecule has 0 bridgehead atoms. The topological polar surface area (TPSA) is 70.0 Å². The fourth-order valence-electron chi connectivity index (χ4n) is 0. The van der Waals surface area contributed by atoms with E-state index >= 15 is 0 Å². The summed E-state index contributed by atoms with van der Waals surface area (Å²) in [6, 6.07) is 0. The molecule has 0 saturated carbocycles. The summed E-state index contributed by atoms with van der Waals surface area (Å²) < 4.78 is 0. The summed E-state index contributed by atoms with van der Waals surface area (Å²) in [6.07, 6.45) is 0. The van der Waals surface area contributed by atoms with Crippen molar-refractivity contribution in [1.82, 2.24) is 12.3 Å². The molecule has 0 heterocycles. The van der Waals surface area contributed by atoms with E-state index in [0.717, 1.165) is 0 Å². The number of rotatable bonds is 0. The van der Waals surface area contributed by atoms with Crippen LogP contribution in [-0.4, -0.2) is 0 Å². The zero-order chi connectivity index (χ0) is 0. The van der Waals surface area contributed by atoms with Crippen LogP contribution in [0.5, 0.6) is 0 Å². The summed E-state index contributed by atoms with van der Waals surface area (Å²) in [7, 11) is 0. The van der Waals surface area contributed by atoms with E-state index in [4.69, 9.17) is 0 Å². The second-order valence-electron chi connectivity index (χ2n) is 0. The van der Waals surface area contributed by atoms with Crippen LogP contribution in [0.25, 0.3) is 0 Å². The average molecular weight is 92.1 g/mol. The third-order valence-electron chi connectivity index (χ3n) is 0. The molecule has 0 amide bonds. The summed E-state index contributed by atoms with van der Waals surface area (Å²) in [4.78, 5) is 0. The maximum atomic E-state index is 0. The fraction of sp³-hybridized carbons (Fsp3) is 1.00. The van der Waals surface area contributed by atoms with Gasteiger partial charge in [-0.15, -0.1) is 0 Å². The van der Waals surface area contributed by atoms with Gasteiger partial charge in [0.1, 0.15) is 0 Å². The summed E-state index contributed by atoms with van der Waals surface area (Å²) in [6.45, 7) is 0. The van der Waals surface area contributed by atoms with Gasteiger partial charge in [0.15, 0.2) is 0 Å². The Morgan fingerprint density at radius 2 is 0.667 bits per heavy atom. The molecule has 0 aromatic rings. The van der Waals surface area contributed by atoms with Gasteiger partial charge < -0.3 is 17.0 Å². The zero-order valence-electron chi connectivity index (χ0n) is 2.79. The van der Waals surface area contributed by atoms with Crippen molar-refractivity contribution in [1.29, 1.82) is 0 Å². The van der Waals surface area contributed by atoms with E-state index in [1.54, 1.807) is 0 Å². The molecule has 0 saturated heterocycles. The largest absolute Gasteiger partial charge is 1.00 e. The second kappa shape index (κ2) is 538. The van der Waals surface area contributed by atoms with Gasteiger partial charge in [-0.2, -0.15) is 0 Å². The third kappa shape index (κ3) is 264. The molecule has 0 radical (unpaired) electrons. The smallest absolute Gasteiger partial charge is 1.00 e. The average Bonchev–Trinajstić information content (AvgIpc) is 0. The molecule has 0 aromatic heterocycles. The van der Waals surface area contributed by atoms with Crippen LogP contribution in [0.1, 0.15) is 14.9 Å². The van der Waals surface area contributed by atoms with Crippen molar-refractivity contribution < 1.29 is 23.6 Å². The number of halogens is 1. The van der Waals surface area contributed by atoms with Crippen LogP contribution in [0.15, 0.2) is 0 Å². The quantitative estimate of drug-likeness (QED) is 0.296. The van der Waals surface area contributed by atoms with E-state index in [9.17, 15) is 0 Å². The monoisotopic (exact) mass is 92.1 g/mol. The van der Waals surface area contributed by atoms with E-state index < -0.39 is 0 Å². The van der Waals surface area contributed by atoms with Crippen molar-refractivity contribution in [2.45, 2.75) is 14.9 Å². The molecule has 4 heteroatoms.